The molecule has 3 aliphatic rings. The summed E-state index contributed by atoms with van der Waals surface area (Å²) in [6.45, 7) is 3.79. The molecule has 3 aliphatic heterocycles. The molecule has 0 spiro atoms. The van der Waals surface area contributed by atoms with Gasteiger partial charge in [0.25, 0.3) is 0 Å². The highest BCUT2D eigenvalue weighted by Crippen LogP contribution is 2.44. The van der Waals surface area contributed by atoms with Crippen LogP contribution >= 0.6 is 0 Å². The molecule has 11 nitrogen and oxygen atoms in total. The minimum Gasteiger partial charge on any atom is -0.481 e. The van der Waals surface area contributed by atoms with Crippen molar-refractivity contribution >= 4 is 23.5 Å². The lowest BCUT2D eigenvalue weighted by molar-refractivity contribution is -0.144. The first kappa shape index (κ1) is 29.8. The minimum atomic E-state index is -0.992. The number of anilines is 1. The first-order valence-electron chi connectivity index (χ1n) is 14.7. The third-order valence-electron chi connectivity index (χ3n) is 8.62. The van der Waals surface area contributed by atoms with Crippen molar-refractivity contribution in [1.82, 2.24) is 9.80 Å². The molecule has 0 aliphatic carbocycles. The van der Waals surface area contributed by atoms with Crippen molar-refractivity contribution in [3.63, 3.8) is 0 Å². The number of aliphatic carboxylic acids is 1. The first-order chi connectivity index (χ1) is 20.3. The van der Waals surface area contributed by atoms with Crippen LogP contribution in [0.4, 0.5) is 5.69 Å². The van der Waals surface area contributed by atoms with Gasteiger partial charge in [0.05, 0.1) is 19.1 Å². The van der Waals surface area contributed by atoms with E-state index in [1.165, 1.54) is 0 Å². The SMILES string of the molecule is CCCCN(C(=O)CN1C[C@H](c2cc(CO)c3c(c2)OCO3)[C@@H](C(=O)O)[C@@H]1CN1CCCC1=O)c1cccc(CN)c1. The summed E-state index contributed by atoms with van der Waals surface area (Å²) in [5.74, 6) is -1.58. The zero-order valence-corrected chi connectivity index (χ0v) is 24.0. The smallest absolute Gasteiger partial charge is 0.308 e. The Bertz CT molecular complexity index is 1320. The Labute approximate surface area is 245 Å². The highest BCUT2D eigenvalue weighted by Gasteiger charge is 2.49. The van der Waals surface area contributed by atoms with Crippen LogP contribution in [0.1, 0.15) is 55.2 Å². The first-order valence-corrected chi connectivity index (χ1v) is 14.7. The molecule has 2 aromatic carbocycles. The molecular weight excluding hydrogens is 540 g/mol. The molecular formula is C31H40N4O7. The summed E-state index contributed by atoms with van der Waals surface area (Å²) in [6, 6.07) is 10.6. The number of carboxylic acid groups (broad SMARTS) is 1. The number of amides is 2. The molecule has 2 fully saturated rings. The van der Waals surface area contributed by atoms with Gasteiger partial charge < -0.3 is 35.2 Å². The fourth-order valence-corrected chi connectivity index (χ4v) is 6.44. The highest BCUT2D eigenvalue weighted by atomic mass is 16.7. The van der Waals surface area contributed by atoms with Crippen molar-refractivity contribution in [3.05, 3.63) is 53.1 Å². The zero-order chi connectivity index (χ0) is 29.8. The van der Waals surface area contributed by atoms with Crippen molar-refractivity contribution in [2.24, 2.45) is 11.7 Å². The number of fused-ring (bicyclic) bond motifs is 1. The average molecular weight is 581 g/mol. The van der Waals surface area contributed by atoms with E-state index >= 15 is 0 Å². The van der Waals surface area contributed by atoms with Gasteiger partial charge >= 0.3 is 5.97 Å². The second-order valence-corrected chi connectivity index (χ2v) is 11.3. The van der Waals surface area contributed by atoms with Crippen LogP contribution < -0.4 is 20.1 Å². The Kier molecular flexibility index (Phi) is 9.30. The van der Waals surface area contributed by atoms with E-state index < -0.39 is 23.8 Å². The molecule has 3 atom stereocenters. The third kappa shape index (κ3) is 6.08. The Hall–Kier alpha value is -3.67. The van der Waals surface area contributed by atoms with E-state index in [1.807, 2.05) is 29.2 Å². The summed E-state index contributed by atoms with van der Waals surface area (Å²) in [7, 11) is 0. The van der Waals surface area contributed by atoms with E-state index in [2.05, 4.69) is 6.92 Å². The number of rotatable bonds is 12. The number of aliphatic hydroxyl groups excluding tert-OH is 1. The lowest BCUT2D eigenvalue weighted by Gasteiger charge is -2.32. The van der Waals surface area contributed by atoms with Gasteiger partial charge in [-0.3, -0.25) is 19.3 Å². The maximum Gasteiger partial charge on any atom is 0.308 e. The number of ether oxygens (including phenoxy) is 2. The molecule has 5 rings (SSSR count). The number of hydrogen-bond donors (Lipinski definition) is 3. The lowest BCUT2D eigenvalue weighted by Crippen LogP contribution is -2.49. The molecule has 0 unspecified atom stereocenters. The summed E-state index contributed by atoms with van der Waals surface area (Å²) < 4.78 is 11.1. The molecule has 0 aromatic heterocycles. The number of carbonyl (C=O) groups is 3. The summed E-state index contributed by atoms with van der Waals surface area (Å²) >= 11 is 0. The van der Waals surface area contributed by atoms with E-state index in [1.54, 1.807) is 21.9 Å². The predicted octanol–water partition coefficient (Wildman–Crippen LogP) is 2.29. The predicted molar refractivity (Wildman–Crippen MR) is 155 cm³/mol. The maximum atomic E-state index is 14.0. The number of benzene rings is 2. The molecule has 2 saturated heterocycles. The summed E-state index contributed by atoms with van der Waals surface area (Å²) in [6.07, 6.45) is 2.89. The van der Waals surface area contributed by atoms with Crippen molar-refractivity contribution in [3.8, 4) is 11.5 Å². The third-order valence-corrected chi connectivity index (χ3v) is 8.62. The molecule has 226 valence electrons. The number of carbonyl (C=O) groups excluding carboxylic acids is 2. The van der Waals surface area contributed by atoms with Gasteiger partial charge in [-0.05, 0) is 48.2 Å². The Morgan fingerprint density at radius 1 is 1.19 bits per heavy atom. The van der Waals surface area contributed by atoms with E-state index in [4.69, 9.17) is 15.2 Å². The van der Waals surface area contributed by atoms with Gasteiger partial charge in [-0.25, -0.2) is 0 Å². The largest absolute Gasteiger partial charge is 0.481 e. The minimum absolute atomic E-state index is 0.000945. The average Bonchev–Trinajstić information content (AvgIpc) is 3.72. The van der Waals surface area contributed by atoms with Crippen LogP contribution in [0.15, 0.2) is 36.4 Å². The topological polar surface area (TPSA) is 146 Å². The second kappa shape index (κ2) is 13.1. The maximum absolute atomic E-state index is 14.0. The molecule has 2 aromatic rings. The van der Waals surface area contributed by atoms with Gasteiger partial charge in [-0.15, -0.1) is 0 Å². The Balaban J connectivity index is 1.48. The standard InChI is InChI=1S/C31H40N4O7/c1-2-3-10-35(23-7-4-6-20(11-23)14-32)28(38)17-34-15-24(21-12-22(18-36)30-26(13-21)41-19-42-30)29(31(39)40)25(34)16-33-9-5-8-27(33)37/h4,6-7,11-13,24-25,29,36H,2-3,5,8-10,14-19,32H2,1H3,(H,39,40)/t24-,25+,29-/m1/s1. The van der Waals surface area contributed by atoms with Crippen LogP contribution in [-0.2, 0) is 27.5 Å². The number of unbranched alkanes of at least 4 members (excludes halogenated alkanes) is 1. The fraction of sp³-hybridized carbons (Fsp3) is 0.516. The fourth-order valence-electron chi connectivity index (χ4n) is 6.44. The van der Waals surface area contributed by atoms with Crippen LogP contribution in [0.5, 0.6) is 11.5 Å². The molecule has 0 radical (unpaired) electrons. The molecule has 3 heterocycles. The Morgan fingerprint density at radius 3 is 2.71 bits per heavy atom. The number of aliphatic hydroxyl groups is 1. The molecule has 4 N–H and O–H groups in total. The zero-order valence-electron chi connectivity index (χ0n) is 24.0. The molecule has 42 heavy (non-hydrogen) atoms. The van der Waals surface area contributed by atoms with Crippen molar-refractivity contribution in [2.45, 2.75) is 57.7 Å². The monoisotopic (exact) mass is 580 g/mol. The molecule has 11 heteroatoms. The van der Waals surface area contributed by atoms with Gasteiger partial charge in [-0.2, -0.15) is 0 Å². The van der Waals surface area contributed by atoms with E-state index in [0.29, 0.717) is 55.2 Å². The van der Waals surface area contributed by atoms with Crippen molar-refractivity contribution in [1.29, 1.82) is 0 Å². The van der Waals surface area contributed by atoms with Gasteiger partial charge in [0.15, 0.2) is 11.5 Å². The van der Waals surface area contributed by atoms with E-state index in [9.17, 15) is 24.6 Å². The lowest BCUT2D eigenvalue weighted by atomic mass is 9.84. The highest BCUT2D eigenvalue weighted by molar-refractivity contribution is 5.95. The van der Waals surface area contributed by atoms with Crippen LogP contribution in [0.2, 0.25) is 0 Å². The van der Waals surface area contributed by atoms with Crippen LogP contribution in [0.3, 0.4) is 0 Å². The Morgan fingerprint density at radius 2 is 2.02 bits per heavy atom. The summed E-state index contributed by atoms with van der Waals surface area (Å²) in [5.41, 5.74) is 8.77. The van der Waals surface area contributed by atoms with Crippen LogP contribution in [0, 0.1) is 5.92 Å². The van der Waals surface area contributed by atoms with E-state index in [-0.39, 0.29) is 38.3 Å². The van der Waals surface area contributed by atoms with Gasteiger partial charge in [-0.1, -0.05) is 25.5 Å². The number of hydrogen-bond acceptors (Lipinski definition) is 8. The molecule has 0 saturated carbocycles. The second-order valence-electron chi connectivity index (χ2n) is 11.3. The number of likely N-dealkylation sites (tertiary alicyclic amines) is 2. The summed E-state index contributed by atoms with van der Waals surface area (Å²) in [5, 5.41) is 20.5. The van der Waals surface area contributed by atoms with Gasteiger partial charge in [0.2, 0.25) is 18.6 Å². The normalized spacial score (nSPS) is 21.7. The van der Waals surface area contributed by atoms with Crippen LogP contribution in [0.25, 0.3) is 0 Å². The van der Waals surface area contributed by atoms with Gasteiger partial charge in [0, 0.05) is 62.4 Å². The number of nitrogens with zero attached hydrogens (tertiary/aromatic N) is 3. The van der Waals surface area contributed by atoms with Gasteiger partial charge in [0.1, 0.15) is 0 Å². The van der Waals surface area contributed by atoms with Crippen molar-refractivity contribution in [2.75, 3.05) is 44.4 Å². The number of nitrogens with two attached hydrogens (primary N) is 1. The van der Waals surface area contributed by atoms with Crippen molar-refractivity contribution < 1.29 is 34.1 Å². The number of carboxylic acids is 1. The quantitative estimate of drug-likeness (QED) is 0.344. The molecule has 2 amide bonds. The molecule has 0 bridgehead atoms. The van der Waals surface area contributed by atoms with Crippen LogP contribution in [-0.4, -0.2) is 83.4 Å². The summed E-state index contributed by atoms with van der Waals surface area (Å²) in [4.78, 5) is 44.9. The van der Waals surface area contributed by atoms with E-state index in [0.717, 1.165) is 30.5 Å².